The first-order valence-corrected chi connectivity index (χ1v) is 11.2. The van der Waals surface area contributed by atoms with Crippen molar-refractivity contribution < 1.29 is 4.79 Å². The van der Waals surface area contributed by atoms with Gasteiger partial charge in [-0.25, -0.2) is 4.68 Å². The van der Waals surface area contributed by atoms with Gasteiger partial charge in [-0.2, -0.15) is 10.2 Å². The van der Waals surface area contributed by atoms with Crippen LogP contribution >= 0.6 is 0 Å². The van der Waals surface area contributed by atoms with Crippen molar-refractivity contribution in [2.24, 2.45) is 5.41 Å². The number of ketones is 1. The molecule has 0 bridgehead atoms. The Morgan fingerprint density at radius 3 is 2.77 bits per heavy atom. The van der Waals surface area contributed by atoms with Gasteiger partial charge in [0.1, 0.15) is 0 Å². The van der Waals surface area contributed by atoms with Gasteiger partial charge < -0.3 is 16.0 Å². The van der Waals surface area contributed by atoms with E-state index in [9.17, 15) is 4.79 Å². The van der Waals surface area contributed by atoms with Crippen molar-refractivity contribution in [2.45, 2.75) is 46.5 Å². The first-order valence-electron chi connectivity index (χ1n) is 11.2. The lowest BCUT2D eigenvalue weighted by atomic mass is 9.75. The van der Waals surface area contributed by atoms with Crippen molar-refractivity contribution in [3.63, 3.8) is 0 Å². The summed E-state index contributed by atoms with van der Waals surface area (Å²) in [6, 6.07) is 4.10. The Bertz CT molecular complexity index is 1150. The van der Waals surface area contributed by atoms with Gasteiger partial charge in [0.15, 0.2) is 11.6 Å². The van der Waals surface area contributed by atoms with Crippen LogP contribution in [0.3, 0.4) is 0 Å². The number of rotatable bonds is 5. The average molecular weight is 422 g/mol. The smallest absolute Gasteiger partial charge is 0.167 e. The van der Waals surface area contributed by atoms with E-state index < -0.39 is 0 Å². The lowest BCUT2D eigenvalue weighted by Crippen LogP contribution is -2.28. The second-order valence-electron chi connectivity index (χ2n) is 9.76. The van der Waals surface area contributed by atoms with E-state index in [0.29, 0.717) is 12.2 Å². The zero-order valence-corrected chi connectivity index (χ0v) is 18.6. The van der Waals surface area contributed by atoms with Gasteiger partial charge in [0.25, 0.3) is 0 Å². The fourth-order valence-electron chi connectivity index (χ4n) is 5.14. The zero-order valence-electron chi connectivity index (χ0n) is 18.6. The van der Waals surface area contributed by atoms with Crippen LogP contribution < -0.4 is 11.1 Å². The van der Waals surface area contributed by atoms with Gasteiger partial charge in [-0.3, -0.25) is 9.89 Å². The lowest BCUT2D eigenvalue weighted by molar-refractivity contribution is 0.0910. The van der Waals surface area contributed by atoms with Crippen LogP contribution in [0.5, 0.6) is 0 Å². The molecule has 1 saturated heterocycles. The molecule has 0 saturated carbocycles. The van der Waals surface area contributed by atoms with Crippen LogP contribution in [0.1, 0.15) is 54.9 Å². The molecule has 1 fully saturated rings. The number of nitrogen functional groups attached to an aromatic ring is 1. The summed E-state index contributed by atoms with van der Waals surface area (Å²) >= 11 is 0. The lowest BCUT2D eigenvalue weighted by Gasteiger charge is -2.29. The normalized spacial score (nSPS) is 18.6. The van der Waals surface area contributed by atoms with Gasteiger partial charge in [0, 0.05) is 25.2 Å². The monoisotopic (exact) mass is 421 g/mol. The van der Waals surface area contributed by atoms with Crippen LogP contribution in [0, 0.1) is 12.3 Å². The zero-order chi connectivity index (χ0) is 21.8. The maximum Gasteiger partial charge on any atom is 0.167 e. The van der Waals surface area contributed by atoms with Crippen molar-refractivity contribution >= 4 is 28.2 Å². The largest absolute Gasteiger partial charge is 0.383 e. The van der Waals surface area contributed by atoms with E-state index in [1.165, 1.54) is 25.9 Å². The Morgan fingerprint density at radius 2 is 2.00 bits per heavy atom. The molecule has 0 amide bonds. The molecule has 164 valence electrons. The number of nitrogens with two attached hydrogens (primary N) is 1. The third-order valence-corrected chi connectivity index (χ3v) is 6.58. The molecular formula is C23H31N7O. The van der Waals surface area contributed by atoms with Gasteiger partial charge >= 0.3 is 0 Å². The molecule has 2 aliphatic rings. The van der Waals surface area contributed by atoms with E-state index >= 15 is 0 Å². The number of aromatic amines is 1. The molecule has 1 aliphatic heterocycles. The predicted molar refractivity (Wildman–Crippen MR) is 123 cm³/mol. The molecule has 0 atom stereocenters. The van der Waals surface area contributed by atoms with Crippen molar-refractivity contribution in [1.82, 2.24) is 24.9 Å². The molecule has 0 radical (unpaired) electrons. The van der Waals surface area contributed by atoms with Crippen LogP contribution in [0.2, 0.25) is 0 Å². The molecule has 0 unspecified atom stereocenters. The number of hydrogen-bond acceptors (Lipinski definition) is 6. The van der Waals surface area contributed by atoms with Gasteiger partial charge in [0.05, 0.1) is 33.5 Å². The minimum atomic E-state index is -0.0758. The summed E-state index contributed by atoms with van der Waals surface area (Å²) in [6.07, 6.45) is 3.95. The first-order chi connectivity index (χ1) is 14.8. The topological polar surface area (TPSA) is 105 Å². The highest BCUT2D eigenvalue weighted by molar-refractivity contribution is 6.02. The van der Waals surface area contributed by atoms with E-state index in [4.69, 9.17) is 10.8 Å². The fraction of sp³-hybridized carbons (Fsp3) is 0.522. The number of fused-ring (bicyclic) bond motifs is 2. The van der Waals surface area contributed by atoms with Gasteiger partial charge in [-0.15, -0.1) is 0 Å². The van der Waals surface area contributed by atoms with E-state index in [1.54, 1.807) is 0 Å². The summed E-state index contributed by atoms with van der Waals surface area (Å²) in [5, 5.41) is 16.5. The number of hydrogen-bond donors (Lipinski definition) is 3. The van der Waals surface area contributed by atoms with Crippen LogP contribution in [0.25, 0.3) is 16.6 Å². The van der Waals surface area contributed by atoms with Crippen molar-refractivity contribution in [2.75, 3.05) is 37.2 Å². The molecule has 1 aromatic carbocycles. The Balaban J connectivity index is 1.54. The number of benzene rings is 1. The van der Waals surface area contributed by atoms with Crippen molar-refractivity contribution in [1.29, 1.82) is 0 Å². The Morgan fingerprint density at radius 1 is 1.23 bits per heavy atom. The van der Waals surface area contributed by atoms with Crippen LogP contribution in [-0.2, 0) is 6.42 Å². The standard InChI is InChI=1S/C23H31N7O/c1-14-20-18(12-23(2,3)13-19(20)31)30(28-14)15-10-16(21-17(11-15)26-27-22(21)24)25-6-9-29-7-4-5-8-29/h10-11,25H,4-9,12-13H2,1-3H3,(H3,24,26,27). The van der Waals surface area contributed by atoms with Crippen molar-refractivity contribution in [3.05, 3.63) is 29.1 Å². The molecule has 0 spiro atoms. The molecule has 8 heteroatoms. The highest BCUT2D eigenvalue weighted by atomic mass is 16.1. The number of aryl methyl sites for hydroxylation is 1. The number of carbonyl (C=O) groups is 1. The van der Waals surface area contributed by atoms with E-state index in [-0.39, 0.29) is 11.2 Å². The minimum Gasteiger partial charge on any atom is -0.383 e. The quantitative estimate of drug-likeness (QED) is 0.584. The Kier molecular flexibility index (Phi) is 4.77. The molecule has 3 aromatic rings. The molecule has 5 rings (SSSR count). The molecule has 8 nitrogen and oxygen atoms in total. The molecular weight excluding hydrogens is 390 g/mol. The number of anilines is 2. The van der Waals surface area contributed by atoms with Gasteiger partial charge in [-0.05, 0) is 56.8 Å². The number of likely N-dealkylation sites (tertiary alicyclic amines) is 1. The van der Waals surface area contributed by atoms with E-state index in [1.807, 2.05) is 17.7 Å². The molecule has 31 heavy (non-hydrogen) atoms. The molecule has 3 heterocycles. The van der Waals surface area contributed by atoms with Gasteiger partial charge in [0.2, 0.25) is 0 Å². The summed E-state index contributed by atoms with van der Waals surface area (Å²) in [5.74, 6) is 0.672. The number of nitrogens with zero attached hydrogens (tertiary/aromatic N) is 4. The SMILES string of the molecule is Cc1nn(-c2cc(NCCN3CCCC3)c3c(N)n[nH]c3c2)c2c1C(=O)CC(C)(C)C2. The summed E-state index contributed by atoms with van der Waals surface area (Å²) in [6.45, 7) is 10.4. The maximum atomic E-state index is 12.8. The predicted octanol–water partition coefficient (Wildman–Crippen LogP) is 3.30. The molecule has 2 aromatic heterocycles. The number of aromatic nitrogens is 4. The number of carbonyl (C=O) groups excluding carboxylic acids is 1. The summed E-state index contributed by atoms with van der Waals surface area (Å²) < 4.78 is 1.94. The van der Waals surface area contributed by atoms with Crippen molar-refractivity contribution in [3.8, 4) is 5.69 Å². The second kappa shape index (κ2) is 7.37. The molecule has 1 aliphatic carbocycles. The number of H-pyrrole nitrogens is 1. The third-order valence-electron chi connectivity index (χ3n) is 6.58. The maximum absolute atomic E-state index is 12.8. The third kappa shape index (κ3) is 3.59. The van der Waals surface area contributed by atoms with Crippen LogP contribution in [-0.4, -0.2) is 56.8 Å². The average Bonchev–Trinajstić information content (AvgIpc) is 3.41. The van der Waals surface area contributed by atoms with E-state index in [0.717, 1.165) is 58.7 Å². The van der Waals surface area contributed by atoms with E-state index in [2.05, 4.69) is 40.3 Å². The summed E-state index contributed by atoms with van der Waals surface area (Å²) in [7, 11) is 0. The fourth-order valence-corrected chi connectivity index (χ4v) is 5.14. The Labute approximate surface area is 182 Å². The number of nitrogens with one attached hydrogen (secondary N) is 2. The van der Waals surface area contributed by atoms with Crippen LogP contribution in [0.4, 0.5) is 11.5 Å². The minimum absolute atomic E-state index is 0.0758. The molecule has 4 N–H and O–H groups in total. The summed E-state index contributed by atoms with van der Waals surface area (Å²) in [4.78, 5) is 15.3. The second-order valence-corrected chi connectivity index (χ2v) is 9.76. The number of Topliss-reactive ketones (excluding diaryl/α,β-unsaturated/α-hetero) is 1. The highest BCUT2D eigenvalue weighted by Crippen LogP contribution is 2.38. The summed E-state index contributed by atoms with van der Waals surface area (Å²) in [5.41, 5.74) is 11.4. The van der Waals surface area contributed by atoms with Gasteiger partial charge in [-0.1, -0.05) is 13.8 Å². The highest BCUT2D eigenvalue weighted by Gasteiger charge is 2.35. The van der Waals surface area contributed by atoms with Crippen LogP contribution in [0.15, 0.2) is 12.1 Å². The first kappa shape index (κ1) is 20.1. The Hall–Kier alpha value is -2.87.